The number of H-pyrrole nitrogens is 2. The van der Waals surface area contributed by atoms with Crippen LogP contribution in [0.3, 0.4) is 0 Å². The van der Waals surface area contributed by atoms with E-state index in [1.165, 1.54) is 0 Å². The third kappa shape index (κ3) is 2.19. The summed E-state index contributed by atoms with van der Waals surface area (Å²) in [6, 6.07) is 11.6. The molecule has 4 rings (SSSR count). The monoisotopic (exact) mass is 308 g/mol. The Hall–Kier alpha value is -2.86. The summed E-state index contributed by atoms with van der Waals surface area (Å²) in [5.41, 5.74) is 3.97. The normalized spacial score (nSPS) is 10.9. The van der Waals surface area contributed by atoms with Gasteiger partial charge in [0.05, 0.1) is 11.4 Å². The van der Waals surface area contributed by atoms with E-state index in [-0.39, 0.29) is 5.91 Å². The zero-order valence-corrected chi connectivity index (χ0v) is 12.3. The van der Waals surface area contributed by atoms with E-state index in [4.69, 9.17) is 0 Å². The maximum absolute atomic E-state index is 12.3. The predicted octanol–water partition coefficient (Wildman–Crippen LogP) is 3.87. The molecule has 3 N–H and O–H groups in total. The fourth-order valence-electron chi connectivity index (χ4n) is 2.36. The number of nitrogens with one attached hydrogen (secondary N) is 3. The number of carbonyl (C=O) groups is 1. The smallest absolute Gasteiger partial charge is 0.276 e. The Labute approximate surface area is 130 Å². The molecule has 108 valence electrons. The lowest BCUT2D eigenvalue weighted by molar-refractivity contribution is 0.102. The first-order chi connectivity index (χ1) is 10.8. The number of benzene rings is 1. The van der Waals surface area contributed by atoms with Gasteiger partial charge >= 0.3 is 0 Å². The van der Waals surface area contributed by atoms with E-state index in [0.717, 1.165) is 27.8 Å². The second kappa shape index (κ2) is 5.16. The minimum atomic E-state index is -0.234. The van der Waals surface area contributed by atoms with Crippen LogP contribution in [0.1, 0.15) is 10.5 Å². The van der Waals surface area contributed by atoms with Crippen LogP contribution in [0.15, 0.2) is 53.4 Å². The second-order valence-corrected chi connectivity index (χ2v) is 5.66. The van der Waals surface area contributed by atoms with Gasteiger partial charge < -0.3 is 10.3 Å². The number of anilines is 1. The van der Waals surface area contributed by atoms with Crippen LogP contribution in [0.4, 0.5) is 5.69 Å². The van der Waals surface area contributed by atoms with E-state index < -0.39 is 0 Å². The highest BCUT2D eigenvalue weighted by molar-refractivity contribution is 7.08. The first kappa shape index (κ1) is 12.8. The van der Waals surface area contributed by atoms with Crippen molar-refractivity contribution in [1.29, 1.82) is 0 Å². The first-order valence-corrected chi connectivity index (χ1v) is 7.71. The van der Waals surface area contributed by atoms with Crippen molar-refractivity contribution in [2.75, 3.05) is 5.32 Å². The third-order valence-electron chi connectivity index (χ3n) is 3.48. The van der Waals surface area contributed by atoms with E-state index >= 15 is 0 Å². The fraction of sp³-hybridized carbons (Fsp3) is 0. The topological polar surface area (TPSA) is 73.6 Å². The van der Waals surface area contributed by atoms with Crippen LogP contribution in [-0.2, 0) is 0 Å². The van der Waals surface area contributed by atoms with E-state index in [2.05, 4.69) is 20.5 Å². The molecule has 6 heteroatoms. The summed E-state index contributed by atoms with van der Waals surface area (Å²) in [5.74, 6) is -0.234. The number of para-hydroxylation sites is 1. The van der Waals surface area contributed by atoms with Crippen LogP contribution in [-0.4, -0.2) is 21.1 Å². The number of aromatic nitrogens is 3. The minimum Gasteiger partial charge on any atom is -0.359 e. The largest absolute Gasteiger partial charge is 0.359 e. The van der Waals surface area contributed by atoms with Gasteiger partial charge in [-0.05, 0) is 23.6 Å². The molecule has 0 fully saturated rings. The van der Waals surface area contributed by atoms with E-state index in [9.17, 15) is 4.79 Å². The van der Waals surface area contributed by atoms with Gasteiger partial charge in [0.1, 0.15) is 0 Å². The van der Waals surface area contributed by atoms with Gasteiger partial charge in [0.25, 0.3) is 5.91 Å². The van der Waals surface area contributed by atoms with Crippen molar-refractivity contribution >= 4 is 33.8 Å². The van der Waals surface area contributed by atoms with Crippen molar-refractivity contribution in [3.05, 3.63) is 59.0 Å². The molecule has 0 radical (unpaired) electrons. The van der Waals surface area contributed by atoms with E-state index in [1.54, 1.807) is 23.6 Å². The average molecular weight is 308 g/mol. The van der Waals surface area contributed by atoms with Crippen LogP contribution in [0.25, 0.3) is 22.2 Å². The molecule has 0 aliphatic heterocycles. The van der Waals surface area contributed by atoms with Crippen molar-refractivity contribution in [2.45, 2.75) is 0 Å². The predicted molar refractivity (Wildman–Crippen MR) is 88.2 cm³/mol. The Bertz CT molecular complexity index is 936. The summed E-state index contributed by atoms with van der Waals surface area (Å²) in [4.78, 5) is 15.5. The van der Waals surface area contributed by atoms with E-state index in [0.29, 0.717) is 5.69 Å². The number of carbonyl (C=O) groups excluding carboxylic acids is 1. The highest BCUT2D eigenvalue weighted by atomic mass is 32.1. The van der Waals surface area contributed by atoms with Crippen LogP contribution in [0.2, 0.25) is 0 Å². The van der Waals surface area contributed by atoms with Crippen molar-refractivity contribution in [3.63, 3.8) is 0 Å². The van der Waals surface area contributed by atoms with Crippen molar-refractivity contribution in [1.82, 2.24) is 15.2 Å². The van der Waals surface area contributed by atoms with Crippen LogP contribution < -0.4 is 5.32 Å². The lowest BCUT2D eigenvalue weighted by atomic mass is 10.2. The van der Waals surface area contributed by atoms with Crippen LogP contribution in [0, 0.1) is 0 Å². The molecular weight excluding hydrogens is 296 g/mol. The standard InChI is InChI=1S/C16H12N4OS/c21-16(14-7-13(19-20-14)10-5-6-22-9-10)18-15-8-17-12-4-2-1-3-11(12)15/h1-9,17H,(H,18,21)(H,19,20). The maximum Gasteiger partial charge on any atom is 0.276 e. The molecule has 0 aliphatic carbocycles. The SMILES string of the molecule is O=C(Nc1c[nH]c2ccccc12)c1cc(-c2ccsc2)[nH]n1. The zero-order chi connectivity index (χ0) is 14.9. The van der Waals surface area contributed by atoms with Gasteiger partial charge in [-0.25, -0.2) is 0 Å². The molecule has 0 saturated heterocycles. The minimum absolute atomic E-state index is 0.234. The summed E-state index contributed by atoms with van der Waals surface area (Å²) in [7, 11) is 0. The van der Waals surface area contributed by atoms with Crippen LogP contribution in [0.5, 0.6) is 0 Å². The molecule has 0 spiro atoms. The van der Waals surface area contributed by atoms with Gasteiger partial charge in [0.2, 0.25) is 0 Å². The Morgan fingerprint density at radius 2 is 2.14 bits per heavy atom. The van der Waals surface area contributed by atoms with Crippen LogP contribution >= 0.6 is 11.3 Å². The third-order valence-corrected chi connectivity index (χ3v) is 4.16. The van der Waals surface area contributed by atoms with Gasteiger partial charge in [0.15, 0.2) is 5.69 Å². The number of rotatable bonds is 3. The Morgan fingerprint density at radius 3 is 3.00 bits per heavy atom. The highest BCUT2D eigenvalue weighted by Gasteiger charge is 2.13. The Morgan fingerprint density at radius 1 is 1.23 bits per heavy atom. The number of nitrogens with zero attached hydrogens (tertiary/aromatic N) is 1. The second-order valence-electron chi connectivity index (χ2n) is 4.88. The van der Waals surface area contributed by atoms with Gasteiger partial charge in [-0.1, -0.05) is 18.2 Å². The molecule has 4 aromatic rings. The van der Waals surface area contributed by atoms with Gasteiger partial charge in [-0.3, -0.25) is 9.89 Å². The summed E-state index contributed by atoms with van der Waals surface area (Å²) < 4.78 is 0. The summed E-state index contributed by atoms with van der Waals surface area (Å²) in [6.07, 6.45) is 1.79. The summed E-state index contributed by atoms with van der Waals surface area (Å²) in [5, 5.41) is 14.8. The van der Waals surface area contributed by atoms with Crippen molar-refractivity contribution in [2.24, 2.45) is 0 Å². The number of thiophene rings is 1. The molecule has 5 nitrogen and oxygen atoms in total. The van der Waals surface area contributed by atoms with Gasteiger partial charge in [-0.2, -0.15) is 16.4 Å². The number of hydrogen-bond acceptors (Lipinski definition) is 3. The zero-order valence-electron chi connectivity index (χ0n) is 11.5. The number of aromatic amines is 2. The Kier molecular flexibility index (Phi) is 3.01. The molecule has 0 bridgehead atoms. The average Bonchev–Trinajstić information content (AvgIpc) is 3.28. The molecule has 3 heterocycles. The number of hydrogen-bond donors (Lipinski definition) is 3. The van der Waals surface area contributed by atoms with Gasteiger partial charge in [-0.15, -0.1) is 0 Å². The summed E-state index contributed by atoms with van der Waals surface area (Å²) >= 11 is 1.60. The molecule has 0 atom stereocenters. The summed E-state index contributed by atoms with van der Waals surface area (Å²) in [6.45, 7) is 0. The van der Waals surface area contributed by atoms with Crippen molar-refractivity contribution < 1.29 is 4.79 Å². The maximum atomic E-state index is 12.3. The molecule has 0 saturated carbocycles. The Balaban J connectivity index is 1.60. The van der Waals surface area contributed by atoms with Gasteiger partial charge in [0, 0.05) is 28.0 Å². The van der Waals surface area contributed by atoms with E-state index in [1.807, 2.05) is 41.1 Å². The molecule has 1 amide bonds. The first-order valence-electron chi connectivity index (χ1n) is 6.77. The lowest BCUT2D eigenvalue weighted by Gasteiger charge is -2.00. The quantitative estimate of drug-likeness (QED) is 0.537. The lowest BCUT2D eigenvalue weighted by Crippen LogP contribution is -2.11. The number of amides is 1. The fourth-order valence-corrected chi connectivity index (χ4v) is 3.02. The molecule has 0 aliphatic rings. The van der Waals surface area contributed by atoms with Crippen molar-refractivity contribution in [3.8, 4) is 11.3 Å². The molecule has 3 aromatic heterocycles. The highest BCUT2D eigenvalue weighted by Crippen LogP contribution is 2.24. The molecule has 22 heavy (non-hydrogen) atoms. The molecular formula is C16H12N4OS. The molecule has 1 aromatic carbocycles. The molecule has 0 unspecified atom stereocenters. The number of fused-ring (bicyclic) bond motifs is 1.